The summed E-state index contributed by atoms with van der Waals surface area (Å²) in [5.74, 6) is 0.750. The zero-order valence-electron chi connectivity index (χ0n) is 14.2. The molecule has 0 unspecified atom stereocenters. The van der Waals surface area contributed by atoms with Gasteiger partial charge in [-0.2, -0.15) is 5.26 Å². The maximum atomic E-state index is 14.0. The van der Waals surface area contributed by atoms with E-state index in [4.69, 9.17) is 21.1 Å². The number of hydrogen-bond donors (Lipinski definition) is 0. The molecule has 0 N–H and O–H groups in total. The van der Waals surface area contributed by atoms with Crippen LogP contribution in [0.25, 0.3) is 5.57 Å². The predicted molar refractivity (Wildman–Crippen MR) is 95.4 cm³/mol. The quantitative estimate of drug-likeness (QED) is 0.741. The lowest BCUT2D eigenvalue weighted by atomic mass is 9.83. The second-order valence-corrected chi connectivity index (χ2v) is 6.60. The van der Waals surface area contributed by atoms with Crippen LogP contribution in [0.15, 0.2) is 42.0 Å². The number of nitriles is 1. The summed E-state index contributed by atoms with van der Waals surface area (Å²) in [6, 6.07) is 12.2. The Bertz CT molecular complexity index is 912. The molecule has 0 radical (unpaired) electrons. The molecule has 128 valence electrons. The molecular formula is C20H17ClFNO2. The van der Waals surface area contributed by atoms with E-state index in [2.05, 4.69) is 6.07 Å². The van der Waals surface area contributed by atoms with Gasteiger partial charge >= 0.3 is 0 Å². The first-order valence-electron chi connectivity index (χ1n) is 7.94. The van der Waals surface area contributed by atoms with Crippen LogP contribution in [0.2, 0.25) is 5.02 Å². The fourth-order valence-electron chi connectivity index (χ4n) is 2.95. The van der Waals surface area contributed by atoms with Gasteiger partial charge in [-0.25, -0.2) is 4.39 Å². The van der Waals surface area contributed by atoms with Crippen molar-refractivity contribution in [3.63, 3.8) is 0 Å². The van der Waals surface area contributed by atoms with Crippen LogP contribution in [0.5, 0.6) is 11.5 Å². The van der Waals surface area contributed by atoms with Crippen molar-refractivity contribution in [1.29, 1.82) is 5.26 Å². The lowest BCUT2D eigenvalue weighted by molar-refractivity contribution is 0.149. The van der Waals surface area contributed by atoms with Crippen molar-refractivity contribution in [2.45, 2.75) is 26.4 Å². The van der Waals surface area contributed by atoms with Crippen molar-refractivity contribution >= 4 is 17.2 Å². The van der Waals surface area contributed by atoms with Crippen LogP contribution in [0.1, 0.15) is 31.9 Å². The molecule has 2 aromatic carbocycles. The van der Waals surface area contributed by atoms with E-state index >= 15 is 0 Å². The van der Waals surface area contributed by atoms with Crippen LogP contribution in [0.4, 0.5) is 4.39 Å². The molecule has 1 heterocycles. The average molecular weight is 358 g/mol. The van der Waals surface area contributed by atoms with Crippen LogP contribution in [0, 0.1) is 17.1 Å². The minimum Gasteiger partial charge on any atom is -0.494 e. The van der Waals surface area contributed by atoms with Gasteiger partial charge in [-0.05, 0) is 50.6 Å². The highest BCUT2D eigenvalue weighted by molar-refractivity contribution is 6.30. The third-order valence-corrected chi connectivity index (χ3v) is 4.38. The molecule has 1 aliphatic rings. The van der Waals surface area contributed by atoms with Crippen molar-refractivity contribution in [2.24, 2.45) is 0 Å². The van der Waals surface area contributed by atoms with Gasteiger partial charge in [0.15, 0.2) is 0 Å². The van der Waals surface area contributed by atoms with E-state index in [1.807, 2.05) is 32.9 Å². The monoisotopic (exact) mass is 357 g/mol. The molecule has 0 fully saturated rings. The smallest absolute Gasteiger partial charge is 0.142 e. The zero-order chi connectivity index (χ0) is 18.2. The molecule has 0 bridgehead atoms. The first-order chi connectivity index (χ1) is 11.9. The molecular weight excluding hydrogens is 341 g/mol. The maximum Gasteiger partial charge on any atom is 0.142 e. The Morgan fingerprint density at radius 1 is 1.24 bits per heavy atom. The topological polar surface area (TPSA) is 42.2 Å². The standard InChI is InChI=1S/C20H17ClFNO2/c1-4-24-13-6-7-14-18(10-13)25-20(2,3)15(11-23)19(14)12-5-8-16(21)17(22)9-12/h5-10H,4H2,1-3H3. The number of hydrogen-bond acceptors (Lipinski definition) is 3. The second-order valence-electron chi connectivity index (χ2n) is 6.19. The van der Waals surface area contributed by atoms with Gasteiger partial charge in [0.2, 0.25) is 0 Å². The Morgan fingerprint density at radius 3 is 2.64 bits per heavy atom. The van der Waals surface area contributed by atoms with Crippen LogP contribution < -0.4 is 9.47 Å². The van der Waals surface area contributed by atoms with E-state index in [0.717, 1.165) is 5.56 Å². The van der Waals surface area contributed by atoms with Crippen molar-refractivity contribution in [3.8, 4) is 17.6 Å². The fourth-order valence-corrected chi connectivity index (χ4v) is 3.07. The Balaban J connectivity index is 2.27. The van der Waals surface area contributed by atoms with Gasteiger partial charge in [0, 0.05) is 17.2 Å². The fraction of sp³-hybridized carbons (Fsp3) is 0.250. The van der Waals surface area contributed by atoms with Gasteiger partial charge in [-0.3, -0.25) is 0 Å². The van der Waals surface area contributed by atoms with E-state index in [1.165, 1.54) is 12.1 Å². The molecule has 0 saturated heterocycles. The minimum atomic E-state index is -0.849. The molecule has 25 heavy (non-hydrogen) atoms. The van der Waals surface area contributed by atoms with E-state index in [1.54, 1.807) is 12.1 Å². The normalized spacial score (nSPS) is 15.2. The molecule has 3 nitrogen and oxygen atoms in total. The number of benzene rings is 2. The van der Waals surface area contributed by atoms with E-state index < -0.39 is 11.4 Å². The molecule has 1 aliphatic heterocycles. The number of fused-ring (bicyclic) bond motifs is 1. The van der Waals surface area contributed by atoms with Gasteiger partial charge in [-0.15, -0.1) is 0 Å². The van der Waals surface area contributed by atoms with Crippen molar-refractivity contribution in [1.82, 2.24) is 0 Å². The molecule has 0 aliphatic carbocycles. The van der Waals surface area contributed by atoms with Gasteiger partial charge in [0.1, 0.15) is 22.9 Å². The van der Waals surface area contributed by atoms with E-state index in [0.29, 0.717) is 34.8 Å². The van der Waals surface area contributed by atoms with Crippen LogP contribution in [0.3, 0.4) is 0 Å². The van der Waals surface area contributed by atoms with Crippen molar-refractivity contribution in [2.75, 3.05) is 6.61 Å². The van der Waals surface area contributed by atoms with Crippen molar-refractivity contribution in [3.05, 3.63) is 63.9 Å². The Morgan fingerprint density at radius 2 is 2.00 bits per heavy atom. The summed E-state index contributed by atoms with van der Waals surface area (Å²) in [6.07, 6.45) is 0. The minimum absolute atomic E-state index is 0.0427. The van der Waals surface area contributed by atoms with Crippen LogP contribution >= 0.6 is 11.6 Å². The Labute approximate surface area is 151 Å². The van der Waals surface area contributed by atoms with Gasteiger partial charge in [-0.1, -0.05) is 17.7 Å². The second kappa shape index (κ2) is 6.42. The third-order valence-electron chi connectivity index (χ3n) is 4.07. The SMILES string of the molecule is CCOc1ccc2c(c1)OC(C)(C)C(C#N)=C2c1ccc(Cl)c(F)c1. The lowest BCUT2D eigenvalue weighted by Crippen LogP contribution is -2.34. The summed E-state index contributed by atoms with van der Waals surface area (Å²) in [5, 5.41) is 9.76. The first-order valence-corrected chi connectivity index (χ1v) is 8.31. The number of nitrogens with zero attached hydrogens (tertiary/aromatic N) is 1. The maximum absolute atomic E-state index is 14.0. The Kier molecular flexibility index (Phi) is 4.45. The number of rotatable bonds is 3. The van der Waals surface area contributed by atoms with E-state index in [-0.39, 0.29) is 5.02 Å². The summed E-state index contributed by atoms with van der Waals surface area (Å²) in [7, 11) is 0. The molecule has 0 atom stereocenters. The number of halogens is 2. The molecule has 0 amide bonds. The molecule has 0 aromatic heterocycles. The summed E-state index contributed by atoms with van der Waals surface area (Å²) < 4.78 is 25.6. The van der Waals surface area contributed by atoms with E-state index in [9.17, 15) is 9.65 Å². The highest BCUT2D eigenvalue weighted by Crippen LogP contribution is 2.45. The lowest BCUT2D eigenvalue weighted by Gasteiger charge is -2.34. The summed E-state index contributed by atoms with van der Waals surface area (Å²) in [6.45, 7) is 6.07. The first kappa shape index (κ1) is 17.3. The number of ether oxygens (including phenoxy) is 2. The highest BCUT2D eigenvalue weighted by atomic mass is 35.5. The van der Waals surface area contributed by atoms with Gasteiger partial charge in [0.05, 0.1) is 23.3 Å². The Hall–Kier alpha value is -2.51. The molecule has 2 aromatic rings. The highest BCUT2D eigenvalue weighted by Gasteiger charge is 2.36. The third kappa shape index (κ3) is 3.08. The summed E-state index contributed by atoms with van der Waals surface area (Å²) >= 11 is 5.80. The van der Waals surface area contributed by atoms with Crippen LogP contribution in [-0.2, 0) is 0 Å². The summed E-state index contributed by atoms with van der Waals surface area (Å²) in [5.41, 5.74) is 1.54. The average Bonchev–Trinajstić information content (AvgIpc) is 2.55. The molecule has 0 spiro atoms. The summed E-state index contributed by atoms with van der Waals surface area (Å²) in [4.78, 5) is 0. The van der Waals surface area contributed by atoms with Gasteiger partial charge < -0.3 is 9.47 Å². The van der Waals surface area contributed by atoms with Gasteiger partial charge in [0.25, 0.3) is 0 Å². The predicted octanol–water partition coefficient (Wildman–Crippen LogP) is 5.37. The van der Waals surface area contributed by atoms with Crippen molar-refractivity contribution < 1.29 is 13.9 Å². The molecule has 3 rings (SSSR count). The largest absolute Gasteiger partial charge is 0.494 e. The molecule has 0 saturated carbocycles. The molecule has 5 heteroatoms. The van der Waals surface area contributed by atoms with Crippen LogP contribution in [-0.4, -0.2) is 12.2 Å². The zero-order valence-corrected chi connectivity index (χ0v) is 14.9.